The van der Waals surface area contributed by atoms with E-state index in [0.29, 0.717) is 26.0 Å². The minimum Gasteiger partial charge on any atom is -0.494 e. The standard InChI is InChI=1S/C18H25NO4/c1-13-6-8-16(9-7-13)23-11-3-10-19-17(20)14-4-2-5-15(12-14)18(21)22/h6-9,14-15H,2-5,10-12H2,1H3,(H,19,20)(H,21,22). The number of carbonyl (C=O) groups is 2. The second-order valence-corrected chi connectivity index (χ2v) is 6.20. The number of hydrogen-bond acceptors (Lipinski definition) is 3. The van der Waals surface area contributed by atoms with E-state index in [2.05, 4.69) is 5.32 Å². The van der Waals surface area contributed by atoms with Gasteiger partial charge >= 0.3 is 5.97 Å². The van der Waals surface area contributed by atoms with Crippen molar-refractivity contribution in [3.8, 4) is 5.75 Å². The van der Waals surface area contributed by atoms with Gasteiger partial charge in [-0.25, -0.2) is 0 Å². The Morgan fingerprint density at radius 2 is 1.91 bits per heavy atom. The molecule has 1 aliphatic carbocycles. The second-order valence-electron chi connectivity index (χ2n) is 6.20. The number of hydrogen-bond donors (Lipinski definition) is 2. The molecule has 0 radical (unpaired) electrons. The molecule has 0 aliphatic heterocycles. The lowest BCUT2D eigenvalue weighted by Crippen LogP contribution is -2.36. The fourth-order valence-corrected chi connectivity index (χ4v) is 2.90. The molecule has 1 aromatic carbocycles. The van der Waals surface area contributed by atoms with Crippen LogP contribution < -0.4 is 10.1 Å². The number of carboxylic acids is 1. The predicted molar refractivity (Wildman–Crippen MR) is 87.4 cm³/mol. The molecule has 1 amide bonds. The number of benzene rings is 1. The molecule has 2 N–H and O–H groups in total. The molecule has 1 aromatic rings. The number of amides is 1. The zero-order chi connectivity index (χ0) is 16.7. The second kappa shape index (κ2) is 8.56. The predicted octanol–water partition coefficient (Wildman–Crippen LogP) is 2.77. The average molecular weight is 319 g/mol. The Hall–Kier alpha value is -2.04. The number of aliphatic carboxylic acids is 1. The highest BCUT2D eigenvalue weighted by atomic mass is 16.5. The fraction of sp³-hybridized carbons (Fsp3) is 0.556. The molecule has 23 heavy (non-hydrogen) atoms. The monoisotopic (exact) mass is 319 g/mol. The van der Waals surface area contributed by atoms with E-state index >= 15 is 0 Å². The van der Waals surface area contributed by atoms with Crippen LogP contribution in [0.2, 0.25) is 0 Å². The Labute approximate surface area is 137 Å². The van der Waals surface area contributed by atoms with Crippen LogP contribution in [0.4, 0.5) is 0 Å². The highest BCUT2D eigenvalue weighted by molar-refractivity contribution is 5.80. The van der Waals surface area contributed by atoms with Crippen molar-refractivity contribution in [2.75, 3.05) is 13.2 Å². The van der Waals surface area contributed by atoms with E-state index in [-0.39, 0.29) is 17.7 Å². The van der Waals surface area contributed by atoms with Gasteiger partial charge in [-0.1, -0.05) is 24.1 Å². The van der Waals surface area contributed by atoms with Gasteiger partial charge in [0.1, 0.15) is 5.75 Å². The summed E-state index contributed by atoms with van der Waals surface area (Å²) in [7, 11) is 0. The van der Waals surface area contributed by atoms with E-state index in [4.69, 9.17) is 9.84 Å². The molecule has 2 atom stereocenters. The topological polar surface area (TPSA) is 75.6 Å². The van der Waals surface area contributed by atoms with Crippen molar-refractivity contribution in [2.45, 2.75) is 39.0 Å². The van der Waals surface area contributed by atoms with Gasteiger partial charge in [-0.05, 0) is 44.7 Å². The van der Waals surface area contributed by atoms with Crippen molar-refractivity contribution in [3.63, 3.8) is 0 Å². The van der Waals surface area contributed by atoms with Gasteiger partial charge in [-0.2, -0.15) is 0 Å². The number of ether oxygens (including phenoxy) is 1. The molecular formula is C18H25NO4. The first kappa shape index (κ1) is 17.3. The maximum atomic E-state index is 12.1. The minimum atomic E-state index is -0.783. The van der Waals surface area contributed by atoms with E-state index in [1.807, 2.05) is 31.2 Å². The van der Waals surface area contributed by atoms with Crippen molar-refractivity contribution in [1.29, 1.82) is 0 Å². The third kappa shape index (κ3) is 5.58. The summed E-state index contributed by atoms with van der Waals surface area (Å²) in [4.78, 5) is 23.1. The van der Waals surface area contributed by atoms with Gasteiger partial charge in [0, 0.05) is 12.5 Å². The van der Waals surface area contributed by atoms with E-state index in [1.165, 1.54) is 5.56 Å². The van der Waals surface area contributed by atoms with Crippen molar-refractivity contribution in [3.05, 3.63) is 29.8 Å². The Bertz CT molecular complexity index is 526. The lowest BCUT2D eigenvalue weighted by molar-refractivity contribution is -0.144. The summed E-state index contributed by atoms with van der Waals surface area (Å²) in [6.07, 6.45) is 3.47. The minimum absolute atomic E-state index is 0.0220. The Balaban J connectivity index is 1.62. The average Bonchev–Trinajstić information content (AvgIpc) is 2.56. The zero-order valence-corrected chi connectivity index (χ0v) is 13.6. The molecule has 0 saturated heterocycles. The van der Waals surface area contributed by atoms with Crippen LogP contribution in [0, 0.1) is 18.8 Å². The summed E-state index contributed by atoms with van der Waals surface area (Å²) in [5.41, 5.74) is 1.19. The smallest absolute Gasteiger partial charge is 0.306 e. The van der Waals surface area contributed by atoms with Crippen LogP contribution in [0.3, 0.4) is 0 Å². The third-order valence-corrected chi connectivity index (χ3v) is 4.30. The molecule has 2 unspecified atom stereocenters. The van der Waals surface area contributed by atoms with Crippen molar-refractivity contribution < 1.29 is 19.4 Å². The van der Waals surface area contributed by atoms with Gasteiger partial charge < -0.3 is 15.2 Å². The number of nitrogens with one attached hydrogen (secondary N) is 1. The lowest BCUT2D eigenvalue weighted by Gasteiger charge is -2.25. The Morgan fingerprint density at radius 3 is 2.61 bits per heavy atom. The van der Waals surface area contributed by atoms with Crippen LogP contribution in [0.25, 0.3) is 0 Å². The number of carboxylic acid groups (broad SMARTS) is 1. The van der Waals surface area contributed by atoms with Gasteiger partial charge in [0.05, 0.1) is 12.5 Å². The Kier molecular flexibility index (Phi) is 6.44. The summed E-state index contributed by atoms with van der Waals surface area (Å²) in [5.74, 6) is -0.508. The van der Waals surface area contributed by atoms with Gasteiger partial charge in [0.15, 0.2) is 0 Å². The first-order valence-corrected chi connectivity index (χ1v) is 8.26. The molecule has 2 rings (SSSR count). The van der Waals surface area contributed by atoms with Crippen LogP contribution in [0.5, 0.6) is 5.75 Å². The van der Waals surface area contributed by atoms with Crippen molar-refractivity contribution in [1.82, 2.24) is 5.32 Å². The molecular weight excluding hydrogens is 294 g/mol. The normalized spacial score (nSPS) is 20.7. The SMILES string of the molecule is Cc1ccc(OCCCNC(=O)C2CCCC(C(=O)O)C2)cc1. The van der Waals surface area contributed by atoms with Crippen molar-refractivity contribution in [2.24, 2.45) is 11.8 Å². The summed E-state index contributed by atoms with van der Waals surface area (Å²) in [6, 6.07) is 7.86. The molecule has 126 valence electrons. The van der Waals surface area contributed by atoms with Crippen molar-refractivity contribution >= 4 is 11.9 Å². The molecule has 0 heterocycles. The molecule has 5 heteroatoms. The third-order valence-electron chi connectivity index (χ3n) is 4.30. The molecule has 1 saturated carbocycles. The summed E-state index contributed by atoms with van der Waals surface area (Å²) in [6.45, 7) is 3.13. The molecule has 1 fully saturated rings. The molecule has 0 aromatic heterocycles. The van der Waals surface area contributed by atoms with Crippen LogP contribution >= 0.6 is 0 Å². The summed E-state index contributed by atoms with van der Waals surface area (Å²) < 4.78 is 5.61. The van der Waals surface area contributed by atoms with E-state index in [9.17, 15) is 9.59 Å². The number of aryl methyl sites for hydroxylation is 1. The Morgan fingerprint density at radius 1 is 1.22 bits per heavy atom. The molecule has 0 bridgehead atoms. The highest BCUT2D eigenvalue weighted by Gasteiger charge is 2.30. The van der Waals surface area contributed by atoms with Crippen LogP contribution in [-0.4, -0.2) is 30.1 Å². The van der Waals surface area contributed by atoms with Gasteiger partial charge in [0.2, 0.25) is 5.91 Å². The van der Waals surface area contributed by atoms with E-state index < -0.39 is 5.97 Å². The zero-order valence-electron chi connectivity index (χ0n) is 13.6. The van der Waals surface area contributed by atoms with E-state index in [1.54, 1.807) is 0 Å². The molecule has 1 aliphatic rings. The first-order chi connectivity index (χ1) is 11.1. The van der Waals surface area contributed by atoms with Crippen LogP contribution in [-0.2, 0) is 9.59 Å². The number of carbonyl (C=O) groups excluding carboxylic acids is 1. The van der Waals surface area contributed by atoms with Crippen LogP contribution in [0.15, 0.2) is 24.3 Å². The van der Waals surface area contributed by atoms with Crippen LogP contribution in [0.1, 0.15) is 37.7 Å². The summed E-state index contributed by atoms with van der Waals surface area (Å²) in [5, 5.41) is 12.0. The maximum absolute atomic E-state index is 12.1. The lowest BCUT2D eigenvalue weighted by atomic mass is 9.81. The maximum Gasteiger partial charge on any atom is 0.306 e. The van der Waals surface area contributed by atoms with Gasteiger partial charge in [-0.15, -0.1) is 0 Å². The van der Waals surface area contributed by atoms with E-state index in [0.717, 1.165) is 25.0 Å². The number of rotatable bonds is 7. The molecule has 0 spiro atoms. The fourth-order valence-electron chi connectivity index (χ4n) is 2.90. The molecule has 5 nitrogen and oxygen atoms in total. The van der Waals surface area contributed by atoms with Gasteiger partial charge in [-0.3, -0.25) is 9.59 Å². The summed E-state index contributed by atoms with van der Waals surface area (Å²) >= 11 is 0. The largest absolute Gasteiger partial charge is 0.494 e. The first-order valence-electron chi connectivity index (χ1n) is 8.26. The highest BCUT2D eigenvalue weighted by Crippen LogP contribution is 2.29. The van der Waals surface area contributed by atoms with Gasteiger partial charge in [0.25, 0.3) is 0 Å². The quantitative estimate of drug-likeness (QED) is 0.758.